The quantitative estimate of drug-likeness (QED) is 0.418. The third-order valence-electron chi connectivity index (χ3n) is 5.15. The fourth-order valence-electron chi connectivity index (χ4n) is 3.45. The highest BCUT2D eigenvalue weighted by molar-refractivity contribution is 6.05. The van der Waals surface area contributed by atoms with Crippen molar-refractivity contribution >= 4 is 16.9 Å². The fraction of sp³-hybridized carbons (Fsp3) is 0.250. The zero-order valence-electron chi connectivity index (χ0n) is 17.5. The van der Waals surface area contributed by atoms with E-state index in [1.807, 2.05) is 69.3 Å². The summed E-state index contributed by atoms with van der Waals surface area (Å²) < 4.78 is 11.5. The topological polar surface area (TPSA) is 78.1 Å². The number of carbonyl (C=O) groups is 1. The Kier molecular flexibility index (Phi) is 5.31. The molecule has 2 aromatic heterocycles. The van der Waals surface area contributed by atoms with Gasteiger partial charge in [-0.2, -0.15) is 0 Å². The van der Waals surface area contributed by atoms with Gasteiger partial charge in [-0.1, -0.05) is 42.8 Å². The van der Waals surface area contributed by atoms with Crippen LogP contribution in [0.5, 0.6) is 0 Å². The first-order valence-electron chi connectivity index (χ1n) is 9.97. The van der Waals surface area contributed by atoms with E-state index in [-0.39, 0.29) is 5.89 Å². The fourth-order valence-corrected chi connectivity index (χ4v) is 3.45. The van der Waals surface area contributed by atoms with E-state index >= 15 is 0 Å². The van der Waals surface area contributed by atoms with E-state index in [2.05, 4.69) is 15.2 Å². The SMILES string of the molecule is CCc1nc2ccccc2c(C(=O)O[C@H](C)c2nnc(-c3ccc(C)cc3)o2)c1C. The highest BCUT2D eigenvalue weighted by Gasteiger charge is 2.24. The van der Waals surface area contributed by atoms with Crippen LogP contribution in [-0.2, 0) is 11.2 Å². The Bertz CT molecular complexity index is 1210. The van der Waals surface area contributed by atoms with E-state index in [4.69, 9.17) is 9.15 Å². The predicted octanol–water partition coefficient (Wildman–Crippen LogP) is 5.38. The standard InChI is InChI=1S/C24H23N3O3/c1-5-19-15(3)21(18-8-6-7-9-20(18)25-19)24(28)29-16(4)22-26-27-23(30-22)17-12-10-14(2)11-13-17/h6-13,16H,5H2,1-4H3/t16-/m1/s1. The van der Waals surface area contributed by atoms with Crippen LogP contribution in [0.15, 0.2) is 52.9 Å². The van der Waals surface area contributed by atoms with Crippen LogP contribution in [0.4, 0.5) is 0 Å². The second kappa shape index (κ2) is 8.06. The zero-order valence-corrected chi connectivity index (χ0v) is 17.5. The van der Waals surface area contributed by atoms with Gasteiger partial charge in [0.1, 0.15) is 0 Å². The summed E-state index contributed by atoms with van der Waals surface area (Å²) in [5, 5.41) is 8.94. The first-order valence-corrected chi connectivity index (χ1v) is 9.97. The van der Waals surface area contributed by atoms with Crippen LogP contribution in [-0.4, -0.2) is 21.2 Å². The number of aromatic nitrogens is 3. The van der Waals surface area contributed by atoms with E-state index in [1.165, 1.54) is 0 Å². The van der Waals surface area contributed by atoms with Gasteiger partial charge < -0.3 is 9.15 Å². The summed E-state index contributed by atoms with van der Waals surface area (Å²) in [5.41, 5.74) is 4.99. The molecule has 4 rings (SSSR count). The number of para-hydroxylation sites is 1. The summed E-state index contributed by atoms with van der Waals surface area (Å²) in [5.74, 6) is 0.223. The summed E-state index contributed by atoms with van der Waals surface area (Å²) in [4.78, 5) is 17.8. The molecule has 4 aromatic rings. The highest BCUT2D eigenvalue weighted by Crippen LogP contribution is 2.28. The van der Waals surface area contributed by atoms with Gasteiger partial charge in [0.2, 0.25) is 5.89 Å². The molecule has 0 bridgehead atoms. The van der Waals surface area contributed by atoms with Gasteiger partial charge >= 0.3 is 5.97 Å². The van der Waals surface area contributed by atoms with E-state index in [1.54, 1.807) is 6.92 Å². The van der Waals surface area contributed by atoms with Crippen LogP contribution in [0.1, 0.15) is 53.0 Å². The molecule has 0 radical (unpaired) electrons. The largest absolute Gasteiger partial charge is 0.449 e. The zero-order chi connectivity index (χ0) is 21.3. The number of esters is 1. The summed E-state index contributed by atoms with van der Waals surface area (Å²) in [6, 6.07) is 15.4. The highest BCUT2D eigenvalue weighted by atomic mass is 16.6. The van der Waals surface area contributed by atoms with Crippen LogP contribution in [0.3, 0.4) is 0 Å². The number of hydrogen-bond acceptors (Lipinski definition) is 6. The number of ether oxygens (including phenoxy) is 1. The van der Waals surface area contributed by atoms with Crippen molar-refractivity contribution in [3.8, 4) is 11.5 Å². The number of hydrogen-bond donors (Lipinski definition) is 0. The maximum Gasteiger partial charge on any atom is 0.339 e. The van der Waals surface area contributed by atoms with Gasteiger partial charge in [0.25, 0.3) is 5.89 Å². The smallest absolute Gasteiger partial charge is 0.339 e. The molecule has 1 atom stereocenters. The minimum Gasteiger partial charge on any atom is -0.449 e. The molecule has 0 unspecified atom stereocenters. The van der Waals surface area contributed by atoms with Crippen molar-refractivity contribution in [2.75, 3.05) is 0 Å². The van der Waals surface area contributed by atoms with Crippen molar-refractivity contribution < 1.29 is 13.9 Å². The second-order valence-corrected chi connectivity index (χ2v) is 7.29. The van der Waals surface area contributed by atoms with E-state index in [9.17, 15) is 4.79 Å². The molecule has 0 N–H and O–H groups in total. The first kappa shape index (κ1) is 19.8. The molecule has 152 valence electrons. The molecular formula is C24H23N3O3. The van der Waals surface area contributed by atoms with Gasteiger partial charge in [-0.15, -0.1) is 10.2 Å². The van der Waals surface area contributed by atoms with Gasteiger partial charge in [0.15, 0.2) is 6.10 Å². The molecule has 6 nitrogen and oxygen atoms in total. The lowest BCUT2D eigenvalue weighted by Gasteiger charge is -2.15. The maximum absolute atomic E-state index is 13.1. The Morgan fingerprint density at radius 3 is 2.53 bits per heavy atom. The number of carbonyl (C=O) groups excluding carboxylic acids is 1. The summed E-state index contributed by atoms with van der Waals surface area (Å²) in [6.45, 7) is 7.66. The summed E-state index contributed by atoms with van der Waals surface area (Å²) >= 11 is 0. The molecule has 30 heavy (non-hydrogen) atoms. The first-order chi connectivity index (χ1) is 14.5. The average molecular weight is 401 g/mol. The van der Waals surface area contributed by atoms with Crippen molar-refractivity contribution in [3.05, 3.63) is 76.8 Å². The molecule has 0 aliphatic rings. The van der Waals surface area contributed by atoms with Crippen LogP contribution in [0.2, 0.25) is 0 Å². The number of aryl methyl sites for hydroxylation is 2. The van der Waals surface area contributed by atoms with Gasteiger partial charge in [-0.05, 0) is 51.0 Å². The van der Waals surface area contributed by atoms with Gasteiger partial charge in [-0.25, -0.2) is 4.79 Å². The molecule has 0 aliphatic heterocycles. The molecule has 0 saturated carbocycles. The minimum absolute atomic E-state index is 0.255. The molecule has 0 aliphatic carbocycles. The Labute approximate surface area is 174 Å². The van der Waals surface area contributed by atoms with Crippen molar-refractivity contribution in [2.45, 2.75) is 40.2 Å². The normalized spacial score (nSPS) is 12.1. The molecule has 0 fully saturated rings. The second-order valence-electron chi connectivity index (χ2n) is 7.29. The third-order valence-corrected chi connectivity index (χ3v) is 5.15. The third kappa shape index (κ3) is 3.68. The Balaban J connectivity index is 1.62. The van der Waals surface area contributed by atoms with Crippen molar-refractivity contribution in [3.63, 3.8) is 0 Å². The lowest BCUT2D eigenvalue weighted by molar-refractivity contribution is 0.0281. The van der Waals surface area contributed by atoms with Gasteiger partial charge in [0.05, 0.1) is 11.1 Å². The maximum atomic E-state index is 13.1. The van der Waals surface area contributed by atoms with Crippen molar-refractivity contribution in [2.24, 2.45) is 0 Å². The van der Waals surface area contributed by atoms with Crippen LogP contribution >= 0.6 is 0 Å². The van der Waals surface area contributed by atoms with Gasteiger partial charge in [0, 0.05) is 16.6 Å². The Morgan fingerprint density at radius 2 is 1.80 bits per heavy atom. The van der Waals surface area contributed by atoms with Crippen LogP contribution < -0.4 is 0 Å². The van der Waals surface area contributed by atoms with Crippen molar-refractivity contribution in [1.82, 2.24) is 15.2 Å². The number of benzene rings is 2. The van der Waals surface area contributed by atoms with E-state index in [0.29, 0.717) is 11.5 Å². The number of rotatable bonds is 5. The lowest BCUT2D eigenvalue weighted by atomic mass is 10.0. The summed E-state index contributed by atoms with van der Waals surface area (Å²) in [7, 11) is 0. The molecule has 0 saturated heterocycles. The molecule has 0 amide bonds. The van der Waals surface area contributed by atoms with Gasteiger partial charge in [-0.3, -0.25) is 4.98 Å². The molecule has 2 heterocycles. The molecule has 2 aromatic carbocycles. The number of nitrogens with zero attached hydrogens (tertiary/aromatic N) is 3. The van der Waals surface area contributed by atoms with Crippen LogP contribution in [0.25, 0.3) is 22.4 Å². The minimum atomic E-state index is -0.680. The monoisotopic (exact) mass is 401 g/mol. The number of fused-ring (bicyclic) bond motifs is 1. The predicted molar refractivity (Wildman–Crippen MR) is 114 cm³/mol. The summed E-state index contributed by atoms with van der Waals surface area (Å²) in [6.07, 6.45) is 0.0522. The molecular weight excluding hydrogens is 378 g/mol. The van der Waals surface area contributed by atoms with E-state index < -0.39 is 12.1 Å². The molecule has 6 heteroatoms. The average Bonchev–Trinajstić information content (AvgIpc) is 3.24. The van der Waals surface area contributed by atoms with Crippen LogP contribution in [0, 0.1) is 13.8 Å². The Morgan fingerprint density at radius 1 is 1.07 bits per heavy atom. The molecule has 0 spiro atoms. The number of pyridine rings is 1. The lowest BCUT2D eigenvalue weighted by Crippen LogP contribution is -2.13. The Hall–Kier alpha value is -3.54. The van der Waals surface area contributed by atoms with Crippen molar-refractivity contribution in [1.29, 1.82) is 0 Å². The van der Waals surface area contributed by atoms with E-state index in [0.717, 1.165) is 39.7 Å².